The van der Waals surface area contributed by atoms with Crippen LogP contribution in [0.2, 0.25) is 0 Å². The van der Waals surface area contributed by atoms with E-state index in [0.29, 0.717) is 30.8 Å². The van der Waals surface area contributed by atoms with Crippen molar-refractivity contribution in [3.8, 4) is 0 Å². The number of pyridine rings is 1. The molecule has 3 rings (SSSR count). The van der Waals surface area contributed by atoms with E-state index in [2.05, 4.69) is 15.2 Å². The van der Waals surface area contributed by atoms with Crippen molar-refractivity contribution in [3.05, 3.63) is 59.9 Å². The summed E-state index contributed by atoms with van der Waals surface area (Å²) in [4.78, 5) is 32.6. The molecule has 1 aliphatic heterocycles. The second-order valence-corrected chi connectivity index (χ2v) is 6.41. The first kappa shape index (κ1) is 18.1. The molecule has 136 valence electrons. The van der Waals surface area contributed by atoms with Gasteiger partial charge in [0.1, 0.15) is 0 Å². The van der Waals surface area contributed by atoms with E-state index < -0.39 is 0 Å². The van der Waals surface area contributed by atoms with Gasteiger partial charge in [-0.05, 0) is 35.9 Å². The molecular formula is C20H24N4O2. The van der Waals surface area contributed by atoms with Gasteiger partial charge < -0.3 is 10.2 Å². The Morgan fingerprint density at radius 1 is 1.08 bits per heavy atom. The minimum atomic E-state index is -0.0562. The van der Waals surface area contributed by atoms with Crippen LogP contribution < -0.4 is 5.32 Å². The number of aromatic nitrogens is 1. The van der Waals surface area contributed by atoms with Crippen molar-refractivity contribution in [2.45, 2.75) is 19.9 Å². The van der Waals surface area contributed by atoms with Crippen LogP contribution in [0, 0.1) is 0 Å². The molecular weight excluding hydrogens is 328 g/mol. The van der Waals surface area contributed by atoms with Gasteiger partial charge in [-0.25, -0.2) is 0 Å². The number of carbonyl (C=O) groups excluding carboxylic acids is 2. The first-order valence-electron chi connectivity index (χ1n) is 8.96. The second-order valence-electron chi connectivity index (χ2n) is 6.41. The smallest absolute Gasteiger partial charge is 0.254 e. The summed E-state index contributed by atoms with van der Waals surface area (Å²) in [5.41, 5.74) is 2.51. The molecule has 0 atom stereocenters. The third kappa shape index (κ3) is 4.67. The first-order chi connectivity index (χ1) is 12.7. The fourth-order valence-corrected chi connectivity index (χ4v) is 3.02. The molecule has 0 radical (unpaired) electrons. The Morgan fingerprint density at radius 3 is 2.50 bits per heavy atom. The number of anilines is 1. The van der Waals surface area contributed by atoms with E-state index >= 15 is 0 Å². The average Bonchev–Trinajstić information content (AvgIpc) is 2.69. The highest BCUT2D eigenvalue weighted by atomic mass is 16.2. The van der Waals surface area contributed by atoms with Crippen LogP contribution in [0.4, 0.5) is 5.69 Å². The average molecular weight is 352 g/mol. The number of amides is 2. The normalized spacial score (nSPS) is 14.9. The fourth-order valence-electron chi connectivity index (χ4n) is 3.02. The third-order valence-corrected chi connectivity index (χ3v) is 4.53. The zero-order valence-corrected chi connectivity index (χ0v) is 15.0. The topological polar surface area (TPSA) is 65.5 Å². The van der Waals surface area contributed by atoms with Crippen LogP contribution in [-0.4, -0.2) is 52.8 Å². The van der Waals surface area contributed by atoms with Crippen molar-refractivity contribution in [1.82, 2.24) is 14.8 Å². The van der Waals surface area contributed by atoms with Crippen molar-refractivity contribution in [2.24, 2.45) is 0 Å². The SMILES string of the molecule is CCC(=O)Nc1cccc(C(=O)N2CCN(Cc3ccncc3)CC2)c1. The maximum Gasteiger partial charge on any atom is 0.254 e. The predicted octanol–water partition coefficient (Wildman–Crippen LogP) is 2.39. The van der Waals surface area contributed by atoms with Gasteiger partial charge in [-0.1, -0.05) is 13.0 Å². The van der Waals surface area contributed by atoms with Crippen molar-refractivity contribution < 1.29 is 9.59 Å². The summed E-state index contributed by atoms with van der Waals surface area (Å²) in [6, 6.07) is 11.2. The first-order valence-corrected chi connectivity index (χ1v) is 8.96. The lowest BCUT2D eigenvalue weighted by Crippen LogP contribution is -2.48. The molecule has 1 aliphatic rings. The minimum absolute atomic E-state index is 0.0150. The van der Waals surface area contributed by atoms with Crippen LogP contribution in [0.15, 0.2) is 48.8 Å². The van der Waals surface area contributed by atoms with Gasteiger partial charge in [0.25, 0.3) is 5.91 Å². The number of hydrogen-bond acceptors (Lipinski definition) is 4. The van der Waals surface area contributed by atoms with Crippen LogP contribution in [0.1, 0.15) is 29.3 Å². The van der Waals surface area contributed by atoms with E-state index in [-0.39, 0.29) is 11.8 Å². The summed E-state index contributed by atoms with van der Waals surface area (Å²) in [6.07, 6.45) is 4.02. The highest BCUT2D eigenvalue weighted by Gasteiger charge is 2.22. The van der Waals surface area contributed by atoms with E-state index in [1.807, 2.05) is 17.0 Å². The minimum Gasteiger partial charge on any atom is -0.336 e. The summed E-state index contributed by atoms with van der Waals surface area (Å²) in [5.74, 6) is -0.0412. The monoisotopic (exact) mass is 352 g/mol. The summed E-state index contributed by atoms with van der Waals surface area (Å²) in [5, 5.41) is 2.80. The van der Waals surface area contributed by atoms with Gasteiger partial charge in [0, 0.05) is 62.8 Å². The number of rotatable bonds is 5. The quantitative estimate of drug-likeness (QED) is 0.897. The summed E-state index contributed by atoms with van der Waals surface area (Å²) >= 11 is 0. The van der Waals surface area contributed by atoms with Crippen LogP contribution >= 0.6 is 0 Å². The molecule has 6 nitrogen and oxygen atoms in total. The van der Waals surface area contributed by atoms with Crippen molar-refractivity contribution in [2.75, 3.05) is 31.5 Å². The predicted molar refractivity (Wildman–Crippen MR) is 101 cm³/mol. The maximum atomic E-state index is 12.8. The number of nitrogens with zero attached hydrogens (tertiary/aromatic N) is 3. The van der Waals surface area contributed by atoms with Gasteiger partial charge in [-0.3, -0.25) is 19.5 Å². The Labute approximate surface area is 153 Å². The van der Waals surface area contributed by atoms with E-state index in [4.69, 9.17) is 0 Å². The molecule has 26 heavy (non-hydrogen) atoms. The fraction of sp³-hybridized carbons (Fsp3) is 0.350. The molecule has 0 saturated carbocycles. The summed E-state index contributed by atoms with van der Waals surface area (Å²) < 4.78 is 0. The lowest BCUT2D eigenvalue weighted by atomic mass is 10.1. The molecule has 1 saturated heterocycles. The van der Waals surface area contributed by atoms with E-state index in [1.54, 1.807) is 43.6 Å². The van der Waals surface area contributed by atoms with Crippen molar-refractivity contribution in [3.63, 3.8) is 0 Å². The van der Waals surface area contributed by atoms with Gasteiger partial charge in [0.05, 0.1) is 0 Å². The highest BCUT2D eigenvalue weighted by molar-refractivity contribution is 5.97. The zero-order chi connectivity index (χ0) is 18.4. The van der Waals surface area contributed by atoms with E-state index in [1.165, 1.54) is 5.56 Å². The van der Waals surface area contributed by atoms with Crippen LogP contribution in [0.3, 0.4) is 0 Å². The van der Waals surface area contributed by atoms with Crippen LogP contribution in [0.25, 0.3) is 0 Å². The zero-order valence-electron chi connectivity index (χ0n) is 15.0. The summed E-state index contributed by atoms with van der Waals surface area (Å²) in [6.45, 7) is 5.78. The Balaban J connectivity index is 1.56. The highest BCUT2D eigenvalue weighted by Crippen LogP contribution is 2.15. The number of carbonyl (C=O) groups is 2. The third-order valence-electron chi connectivity index (χ3n) is 4.53. The molecule has 0 spiro atoms. The number of nitrogens with one attached hydrogen (secondary N) is 1. The Morgan fingerprint density at radius 2 is 1.81 bits per heavy atom. The molecule has 0 bridgehead atoms. The summed E-state index contributed by atoms with van der Waals surface area (Å²) in [7, 11) is 0. The molecule has 1 N–H and O–H groups in total. The molecule has 1 aromatic carbocycles. The van der Waals surface area contributed by atoms with Crippen molar-refractivity contribution in [1.29, 1.82) is 0 Å². The molecule has 1 fully saturated rings. The van der Waals surface area contributed by atoms with Crippen molar-refractivity contribution >= 4 is 17.5 Å². The molecule has 0 aliphatic carbocycles. The lowest BCUT2D eigenvalue weighted by Gasteiger charge is -2.34. The van der Waals surface area contributed by atoms with Crippen LogP contribution in [0.5, 0.6) is 0 Å². The standard InChI is InChI=1S/C20H24N4O2/c1-2-19(25)22-18-5-3-4-17(14-18)20(26)24-12-10-23(11-13-24)15-16-6-8-21-9-7-16/h3-9,14H,2,10-13,15H2,1H3,(H,22,25). The van der Waals surface area contributed by atoms with E-state index in [9.17, 15) is 9.59 Å². The molecule has 6 heteroatoms. The molecule has 2 amide bonds. The van der Waals surface area contributed by atoms with Gasteiger partial charge >= 0.3 is 0 Å². The molecule has 1 aromatic heterocycles. The number of benzene rings is 1. The Kier molecular flexibility index (Phi) is 5.96. The van der Waals surface area contributed by atoms with Gasteiger partial charge in [-0.2, -0.15) is 0 Å². The molecule has 0 unspecified atom stereocenters. The van der Waals surface area contributed by atoms with Gasteiger partial charge in [-0.15, -0.1) is 0 Å². The molecule has 2 aromatic rings. The number of hydrogen-bond donors (Lipinski definition) is 1. The van der Waals surface area contributed by atoms with Gasteiger partial charge in [0.2, 0.25) is 5.91 Å². The number of piperazine rings is 1. The van der Waals surface area contributed by atoms with Gasteiger partial charge in [0.15, 0.2) is 0 Å². The van der Waals surface area contributed by atoms with Crippen LogP contribution in [-0.2, 0) is 11.3 Å². The second kappa shape index (κ2) is 8.58. The largest absolute Gasteiger partial charge is 0.336 e. The lowest BCUT2D eigenvalue weighted by molar-refractivity contribution is -0.115. The maximum absolute atomic E-state index is 12.8. The van der Waals surface area contributed by atoms with E-state index in [0.717, 1.165) is 19.6 Å². The Hall–Kier alpha value is -2.73. The molecule has 2 heterocycles. The Bertz CT molecular complexity index is 755.